The molecule has 0 spiro atoms. The first kappa shape index (κ1) is 17.4. The van der Waals surface area contributed by atoms with Crippen LogP contribution in [0.3, 0.4) is 0 Å². The van der Waals surface area contributed by atoms with Gasteiger partial charge in [-0.3, -0.25) is 0 Å². The molecule has 0 heterocycles. The van der Waals surface area contributed by atoms with Crippen molar-refractivity contribution in [3.8, 4) is 11.5 Å². The van der Waals surface area contributed by atoms with Crippen molar-refractivity contribution in [2.45, 2.75) is 51.9 Å². The molecule has 0 saturated heterocycles. The minimum atomic E-state index is 0.823. The summed E-state index contributed by atoms with van der Waals surface area (Å²) < 4.78 is 10.7. The number of hydrogen-bond acceptors (Lipinski definition) is 2. The molecule has 2 nitrogen and oxygen atoms in total. The van der Waals surface area contributed by atoms with Gasteiger partial charge < -0.3 is 9.47 Å². The molecule has 114 valence electrons. The van der Waals surface area contributed by atoms with Crippen LogP contribution in [0.4, 0.5) is 0 Å². The highest BCUT2D eigenvalue weighted by atomic mass is 79.9. The Morgan fingerprint density at radius 3 is 2.00 bits per heavy atom. The second-order valence-electron chi connectivity index (χ2n) is 5.19. The summed E-state index contributed by atoms with van der Waals surface area (Å²) in [5, 5.41) is 1.14. The van der Waals surface area contributed by atoms with E-state index >= 15 is 0 Å². The Kier molecular flexibility index (Phi) is 8.75. The summed E-state index contributed by atoms with van der Waals surface area (Å²) in [7, 11) is 3.38. The molecule has 0 saturated carbocycles. The zero-order chi connectivity index (χ0) is 14.8. The van der Waals surface area contributed by atoms with Crippen LogP contribution in [0.5, 0.6) is 11.5 Å². The average Bonchev–Trinajstić information content (AvgIpc) is 2.47. The highest BCUT2D eigenvalue weighted by Gasteiger charge is 2.08. The van der Waals surface area contributed by atoms with E-state index in [1.165, 1.54) is 49.7 Å². The number of halogens is 1. The quantitative estimate of drug-likeness (QED) is 0.424. The molecule has 0 aliphatic carbocycles. The molecular formula is C17H27BrO2. The highest BCUT2D eigenvalue weighted by Crippen LogP contribution is 2.31. The Balaban J connectivity index is 2.40. The minimum absolute atomic E-state index is 0.823. The summed E-state index contributed by atoms with van der Waals surface area (Å²) in [5.41, 5.74) is 2.67. The first-order valence-corrected chi connectivity index (χ1v) is 8.62. The van der Waals surface area contributed by atoms with Crippen LogP contribution in [0.1, 0.15) is 49.7 Å². The van der Waals surface area contributed by atoms with E-state index in [0.717, 1.165) is 23.2 Å². The molecule has 1 rings (SSSR count). The third-order valence-corrected chi connectivity index (χ3v) is 4.23. The summed E-state index contributed by atoms with van der Waals surface area (Å²) in [6.45, 7) is 2.15. The molecule has 1 aromatic rings. The van der Waals surface area contributed by atoms with Gasteiger partial charge in [-0.05, 0) is 49.4 Å². The van der Waals surface area contributed by atoms with Crippen molar-refractivity contribution in [1.29, 1.82) is 0 Å². The normalized spacial score (nSPS) is 10.6. The van der Waals surface area contributed by atoms with Gasteiger partial charge in [0.15, 0.2) is 11.5 Å². The van der Waals surface area contributed by atoms with Gasteiger partial charge in [0.1, 0.15) is 0 Å². The van der Waals surface area contributed by atoms with E-state index in [1.807, 2.05) is 0 Å². The summed E-state index contributed by atoms with van der Waals surface area (Å²) in [6, 6.07) is 4.20. The van der Waals surface area contributed by atoms with Crippen molar-refractivity contribution in [3.05, 3.63) is 23.3 Å². The number of unbranched alkanes of at least 4 members (excludes halogenated alkanes) is 5. The van der Waals surface area contributed by atoms with E-state index in [9.17, 15) is 0 Å². The molecule has 0 fully saturated rings. The van der Waals surface area contributed by atoms with E-state index in [1.54, 1.807) is 14.2 Å². The molecule has 0 unspecified atom stereocenters. The first-order chi connectivity index (χ1) is 9.72. The van der Waals surface area contributed by atoms with Gasteiger partial charge in [-0.15, -0.1) is 0 Å². The van der Waals surface area contributed by atoms with Gasteiger partial charge in [0.25, 0.3) is 0 Å². The maximum atomic E-state index is 5.37. The average molecular weight is 343 g/mol. The Morgan fingerprint density at radius 1 is 0.850 bits per heavy atom. The Labute approximate surface area is 132 Å². The van der Waals surface area contributed by atoms with E-state index in [-0.39, 0.29) is 0 Å². The first-order valence-electron chi connectivity index (χ1n) is 7.50. The molecule has 0 atom stereocenters. The molecule has 1 aromatic carbocycles. The van der Waals surface area contributed by atoms with Gasteiger partial charge in [-0.1, -0.05) is 41.6 Å². The minimum Gasteiger partial charge on any atom is -0.493 e. The fourth-order valence-electron chi connectivity index (χ4n) is 2.41. The topological polar surface area (TPSA) is 18.5 Å². The van der Waals surface area contributed by atoms with Gasteiger partial charge in [-0.2, -0.15) is 0 Å². The molecule has 20 heavy (non-hydrogen) atoms. The summed E-state index contributed by atoms with van der Waals surface area (Å²) in [6.07, 6.45) is 9.05. The zero-order valence-electron chi connectivity index (χ0n) is 13.0. The number of hydrogen-bond donors (Lipinski definition) is 0. The van der Waals surface area contributed by atoms with Crippen molar-refractivity contribution < 1.29 is 9.47 Å². The molecule has 0 aliphatic heterocycles. The van der Waals surface area contributed by atoms with Crippen LogP contribution in [-0.4, -0.2) is 19.5 Å². The number of benzene rings is 1. The molecule has 3 heteroatoms. The lowest BCUT2D eigenvalue weighted by molar-refractivity contribution is 0.354. The van der Waals surface area contributed by atoms with Crippen LogP contribution < -0.4 is 9.47 Å². The number of ether oxygens (including phenoxy) is 2. The number of methoxy groups -OCH3 is 2. The lowest BCUT2D eigenvalue weighted by Crippen LogP contribution is -1.96. The third-order valence-electron chi connectivity index (χ3n) is 3.67. The van der Waals surface area contributed by atoms with Crippen LogP contribution in [-0.2, 0) is 6.42 Å². The van der Waals surface area contributed by atoms with Gasteiger partial charge in [0.05, 0.1) is 14.2 Å². The maximum Gasteiger partial charge on any atom is 0.161 e. The van der Waals surface area contributed by atoms with Gasteiger partial charge in [0, 0.05) is 5.33 Å². The van der Waals surface area contributed by atoms with Crippen molar-refractivity contribution in [3.63, 3.8) is 0 Å². The van der Waals surface area contributed by atoms with Crippen molar-refractivity contribution >= 4 is 15.9 Å². The fraction of sp³-hybridized carbons (Fsp3) is 0.647. The Morgan fingerprint density at radius 2 is 1.40 bits per heavy atom. The molecule has 0 radical (unpaired) electrons. The molecular weight excluding hydrogens is 316 g/mol. The van der Waals surface area contributed by atoms with Gasteiger partial charge in [0.2, 0.25) is 0 Å². The van der Waals surface area contributed by atoms with Gasteiger partial charge >= 0.3 is 0 Å². The summed E-state index contributed by atoms with van der Waals surface area (Å²) in [4.78, 5) is 0. The second kappa shape index (κ2) is 10.1. The van der Waals surface area contributed by atoms with Gasteiger partial charge in [-0.25, -0.2) is 0 Å². The number of aryl methyl sites for hydroxylation is 2. The second-order valence-corrected chi connectivity index (χ2v) is 5.99. The standard InChI is InChI=1S/C17H27BrO2/c1-14-12-16(19-2)17(20-3)13-15(14)10-8-6-4-5-7-9-11-18/h12-13H,4-11H2,1-3H3. The lowest BCUT2D eigenvalue weighted by Gasteiger charge is -2.12. The van der Waals surface area contributed by atoms with Crippen LogP contribution >= 0.6 is 15.9 Å². The predicted molar refractivity (Wildman–Crippen MR) is 89.5 cm³/mol. The summed E-state index contributed by atoms with van der Waals surface area (Å²) in [5.74, 6) is 1.66. The molecule has 0 aromatic heterocycles. The van der Waals surface area contributed by atoms with Crippen LogP contribution in [0.15, 0.2) is 12.1 Å². The van der Waals surface area contributed by atoms with Crippen LogP contribution in [0, 0.1) is 6.92 Å². The van der Waals surface area contributed by atoms with Crippen LogP contribution in [0.2, 0.25) is 0 Å². The monoisotopic (exact) mass is 342 g/mol. The number of alkyl halides is 1. The van der Waals surface area contributed by atoms with Crippen LogP contribution in [0.25, 0.3) is 0 Å². The zero-order valence-corrected chi connectivity index (χ0v) is 14.6. The van der Waals surface area contributed by atoms with E-state index in [4.69, 9.17) is 9.47 Å². The van der Waals surface area contributed by atoms with Crippen molar-refractivity contribution in [2.24, 2.45) is 0 Å². The highest BCUT2D eigenvalue weighted by molar-refractivity contribution is 9.09. The van der Waals surface area contributed by atoms with Crippen molar-refractivity contribution in [2.75, 3.05) is 19.5 Å². The number of rotatable bonds is 10. The van der Waals surface area contributed by atoms with E-state index in [2.05, 4.69) is 35.0 Å². The molecule has 0 aliphatic rings. The maximum absolute atomic E-state index is 5.37. The molecule has 0 N–H and O–H groups in total. The van der Waals surface area contributed by atoms with Crippen molar-refractivity contribution in [1.82, 2.24) is 0 Å². The van der Waals surface area contributed by atoms with E-state index in [0.29, 0.717) is 0 Å². The third kappa shape index (κ3) is 5.74. The Bertz CT molecular complexity index is 391. The SMILES string of the molecule is COc1cc(C)c(CCCCCCCCBr)cc1OC. The Hall–Kier alpha value is -0.700. The fourth-order valence-corrected chi connectivity index (χ4v) is 2.81. The largest absolute Gasteiger partial charge is 0.493 e. The van der Waals surface area contributed by atoms with E-state index < -0.39 is 0 Å². The predicted octanol–water partition coefficient (Wildman–Crippen LogP) is 5.29. The molecule has 0 amide bonds. The lowest BCUT2D eigenvalue weighted by atomic mass is 10.0. The molecule has 0 bridgehead atoms. The summed E-state index contributed by atoms with van der Waals surface area (Å²) >= 11 is 3.47. The smallest absolute Gasteiger partial charge is 0.161 e.